The number of carbonyl (C=O) groups excluding carboxylic acids is 1. The highest BCUT2D eigenvalue weighted by Gasteiger charge is 2.15. The molecular weight excluding hydrogens is 298 g/mol. The number of aryl methyl sites for hydroxylation is 1. The molecule has 23 heavy (non-hydrogen) atoms. The predicted molar refractivity (Wildman–Crippen MR) is 84.4 cm³/mol. The van der Waals surface area contributed by atoms with Crippen molar-refractivity contribution < 1.29 is 9.53 Å². The number of nitrogens with one attached hydrogen (secondary N) is 1. The van der Waals surface area contributed by atoms with E-state index in [1.54, 1.807) is 14.0 Å². The summed E-state index contributed by atoms with van der Waals surface area (Å²) in [6.07, 6.45) is 0. The highest BCUT2D eigenvalue weighted by Crippen LogP contribution is 2.16. The Labute approximate surface area is 131 Å². The second-order valence-electron chi connectivity index (χ2n) is 5.12. The number of hydrogen-bond acceptors (Lipinski definition) is 5. The van der Waals surface area contributed by atoms with Crippen LogP contribution in [0.4, 0.5) is 0 Å². The molecule has 0 bridgehead atoms. The fourth-order valence-corrected chi connectivity index (χ4v) is 2.45. The van der Waals surface area contributed by atoms with Gasteiger partial charge in [-0.3, -0.25) is 4.79 Å². The van der Waals surface area contributed by atoms with E-state index in [4.69, 9.17) is 4.74 Å². The van der Waals surface area contributed by atoms with E-state index < -0.39 is 0 Å². The Kier molecular flexibility index (Phi) is 4.07. The molecule has 1 N–H and O–H groups in total. The molecule has 3 aromatic rings. The number of carbonyl (C=O) groups is 1. The molecule has 1 amide bonds. The van der Waals surface area contributed by atoms with E-state index in [0.717, 1.165) is 15.6 Å². The summed E-state index contributed by atoms with van der Waals surface area (Å²) in [6.45, 7) is 2.41. The van der Waals surface area contributed by atoms with E-state index in [9.17, 15) is 9.59 Å². The van der Waals surface area contributed by atoms with Gasteiger partial charge in [0.15, 0.2) is 5.65 Å². The molecule has 8 heteroatoms. The fourth-order valence-electron chi connectivity index (χ4n) is 2.45. The number of benzene rings is 1. The van der Waals surface area contributed by atoms with Crippen LogP contribution >= 0.6 is 0 Å². The lowest BCUT2D eigenvalue weighted by molar-refractivity contribution is -0.122. The first kappa shape index (κ1) is 15.2. The summed E-state index contributed by atoms with van der Waals surface area (Å²) in [5.41, 5.74) is 0.889. The Morgan fingerprint density at radius 1 is 1.35 bits per heavy atom. The average molecular weight is 315 g/mol. The van der Waals surface area contributed by atoms with Gasteiger partial charge < -0.3 is 10.1 Å². The molecular formula is C15H17N5O3. The van der Waals surface area contributed by atoms with E-state index in [2.05, 4.69) is 15.4 Å². The first-order valence-electron chi connectivity index (χ1n) is 7.22. The zero-order chi connectivity index (χ0) is 16.4. The minimum Gasteiger partial charge on any atom is -0.383 e. The standard InChI is InChI=1S/C15H17N5O3/c1-10-17-12-6-4-3-5-11(12)14-18-19(15(22)20(10)14)9-13(21)16-7-8-23-2/h3-6H,7-9H2,1-2H3,(H,16,21). The first-order chi connectivity index (χ1) is 11.1. The number of methoxy groups -OCH3 is 1. The van der Waals surface area contributed by atoms with Gasteiger partial charge in [-0.05, 0) is 19.1 Å². The fraction of sp³-hybridized carbons (Fsp3) is 0.333. The molecule has 0 fully saturated rings. The minimum atomic E-state index is -0.377. The average Bonchev–Trinajstić information content (AvgIpc) is 2.85. The van der Waals surface area contributed by atoms with Gasteiger partial charge in [0.25, 0.3) is 0 Å². The lowest BCUT2D eigenvalue weighted by Gasteiger charge is -2.03. The van der Waals surface area contributed by atoms with Gasteiger partial charge in [-0.25, -0.2) is 18.9 Å². The summed E-state index contributed by atoms with van der Waals surface area (Å²) in [5.74, 6) is 0.247. The quantitative estimate of drug-likeness (QED) is 0.675. The van der Waals surface area contributed by atoms with Crippen LogP contribution < -0.4 is 11.0 Å². The molecule has 0 spiro atoms. The number of para-hydroxylation sites is 1. The molecule has 2 heterocycles. The van der Waals surface area contributed by atoms with Crippen LogP contribution in [0.15, 0.2) is 29.1 Å². The summed E-state index contributed by atoms with van der Waals surface area (Å²) < 4.78 is 7.44. The monoisotopic (exact) mass is 315 g/mol. The summed E-state index contributed by atoms with van der Waals surface area (Å²) in [5, 5.41) is 7.74. The predicted octanol–water partition coefficient (Wildman–Crippen LogP) is 0.115. The van der Waals surface area contributed by atoms with Crippen LogP contribution in [0.25, 0.3) is 16.6 Å². The number of aromatic nitrogens is 4. The second kappa shape index (κ2) is 6.17. The molecule has 3 rings (SSSR count). The Morgan fingerprint density at radius 2 is 2.13 bits per heavy atom. The molecule has 0 unspecified atom stereocenters. The maximum Gasteiger partial charge on any atom is 0.352 e. The van der Waals surface area contributed by atoms with Crippen molar-refractivity contribution in [2.24, 2.45) is 0 Å². The molecule has 0 radical (unpaired) electrons. The van der Waals surface area contributed by atoms with Gasteiger partial charge in [0, 0.05) is 19.0 Å². The van der Waals surface area contributed by atoms with Gasteiger partial charge in [-0.15, -0.1) is 5.10 Å². The number of nitrogens with zero attached hydrogens (tertiary/aromatic N) is 4. The van der Waals surface area contributed by atoms with Crippen molar-refractivity contribution in [3.63, 3.8) is 0 Å². The molecule has 0 atom stereocenters. The Balaban J connectivity index is 2.01. The van der Waals surface area contributed by atoms with Crippen molar-refractivity contribution in [2.75, 3.05) is 20.3 Å². The second-order valence-corrected chi connectivity index (χ2v) is 5.12. The zero-order valence-corrected chi connectivity index (χ0v) is 12.9. The van der Waals surface area contributed by atoms with Crippen molar-refractivity contribution in [1.29, 1.82) is 0 Å². The molecule has 1 aromatic carbocycles. The van der Waals surface area contributed by atoms with E-state index in [-0.39, 0.29) is 18.1 Å². The number of rotatable bonds is 5. The highest BCUT2D eigenvalue weighted by molar-refractivity contribution is 5.91. The number of hydrogen-bond donors (Lipinski definition) is 1. The van der Waals surface area contributed by atoms with Crippen molar-refractivity contribution >= 4 is 22.5 Å². The van der Waals surface area contributed by atoms with Gasteiger partial charge >= 0.3 is 5.69 Å². The molecule has 0 saturated heterocycles. The smallest absolute Gasteiger partial charge is 0.352 e. The number of fused-ring (bicyclic) bond motifs is 3. The van der Waals surface area contributed by atoms with Crippen molar-refractivity contribution in [2.45, 2.75) is 13.5 Å². The zero-order valence-electron chi connectivity index (χ0n) is 12.9. The third-order valence-electron chi connectivity index (χ3n) is 3.51. The van der Waals surface area contributed by atoms with E-state index in [1.165, 1.54) is 4.40 Å². The highest BCUT2D eigenvalue weighted by atomic mass is 16.5. The van der Waals surface area contributed by atoms with Gasteiger partial charge in [0.2, 0.25) is 5.91 Å². The first-order valence-corrected chi connectivity index (χ1v) is 7.22. The molecule has 8 nitrogen and oxygen atoms in total. The Hall–Kier alpha value is -2.74. The van der Waals surface area contributed by atoms with Crippen LogP contribution in [-0.2, 0) is 16.1 Å². The van der Waals surface area contributed by atoms with Gasteiger partial charge in [-0.2, -0.15) is 0 Å². The van der Waals surface area contributed by atoms with Crippen LogP contribution in [0.2, 0.25) is 0 Å². The van der Waals surface area contributed by atoms with Crippen molar-refractivity contribution in [3.8, 4) is 0 Å². The molecule has 0 aliphatic rings. The van der Waals surface area contributed by atoms with Crippen LogP contribution in [-0.4, -0.2) is 45.3 Å². The van der Waals surface area contributed by atoms with Gasteiger partial charge in [0.1, 0.15) is 12.4 Å². The topological polar surface area (TPSA) is 90.5 Å². The molecule has 2 aromatic heterocycles. The maximum absolute atomic E-state index is 12.5. The largest absolute Gasteiger partial charge is 0.383 e. The maximum atomic E-state index is 12.5. The lowest BCUT2D eigenvalue weighted by atomic mass is 10.2. The van der Waals surface area contributed by atoms with E-state index >= 15 is 0 Å². The van der Waals surface area contributed by atoms with E-state index in [0.29, 0.717) is 24.6 Å². The van der Waals surface area contributed by atoms with Crippen molar-refractivity contribution in [3.05, 3.63) is 40.6 Å². The van der Waals surface area contributed by atoms with Crippen LogP contribution in [0.5, 0.6) is 0 Å². The molecule has 0 aliphatic carbocycles. The van der Waals surface area contributed by atoms with Crippen LogP contribution in [0, 0.1) is 6.92 Å². The Bertz CT molecular complexity index is 928. The summed E-state index contributed by atoms with van der Waals surface area (Å²) in [6, 6.07) is 7.46. The summed E-state index contributed by atoms with van der Waals surface area (Å²) >= 11 is 0. The van der Waals surface area contributed by atoms with Crippen LogP contribution in [0.3, 0.4) is 0 Å². The minimum absolute atomic E-state index is 0.141. The van der Waals surface area contributed by atoms with E-state index in [1.807, 2.05) is 24.3 Å². The van der Waals surface area contributed by atoms with Gasteiger partial charge in [-0.1, -0.05) is 12.1 Å². The summed E-state index contributed by atoms with van der Waals surface area (Å²) in [4.78, 5) is 28.8. The summed E-state index contributed by atoms with van der Waals surface area (Å²) in [7, 11) is 1.56. The molecule has 120 valence electrons. The van der Waals surface area contributed by atoms with Gasteiger partial charge in [0.05, 0.1) is 12.1 Å². The van der Waals surface area contributed by atoms with Crippen molar-refractivity contribution in [1.82, 2.24) is 24.5 Å². The number of ether oxygens (including phenoxy) is 1. The third kappa shape index (κ3) is 2.80. The third-order valence-corrected chi connectivity index (χ3v) is 3.51. The Morgan fingerprint density at radius 3 is 2.91 bits per heavy atom. The number of amides is 1. The normalized spacial score (nSPS) is 11.2. The lowest BCUT2D eigenvalue weighted by Crippen LogP contribution is -2.34. The molecule has 0 aliphatic heterocycles. The SMILES string of the molecule is COCCNC(=O)Cn1nc2c3ccccc3nc(C)n2c1=O. The van der Waals surface area contributed by atoms with Crippen LogP contribution in [0.1, 0.15) is 5.82 Å². The molecule has 0 saturated carbocycles.